The van der Waals surface area contributed by atoms with E-state index in [4.69, 9.17) is 4.74 Å². The van der Waals surface area contributed by atoms with Crippen molar-refractivity contribution >= 4 is 0 Å². The fraction of sp³-hybridized carbons (Fsp3) is 1.00. The molecule has 1 aliphatic heterocycles. The summed E-state index contributed by atoms with van der Waals surface area (Å²) >= 11 is 0. The largest absolute Gasteiger partial charge is 0.378 e. The molecule has 1 aliphatic carbocycles. The lowest BCUT2D eigenvalue weighted by Crippen LogP contribution is -2.51. The molecule has 0 spiro atoms. The monoisotopic (exact) mass is 183 g/mol. The van der Waals surface area contributed by atoms with Crippen molar-refractivity contribution in [2.24, 2.45) is 5.92 Å². The molecule has 0 amide bonds. The number of hydrogen-bond donors (Lipinski definition) is 1. The first-order valence-electron chi connectivity index (χ1n) is 5.70. The van der Waals surface area contributed by atoms with E-state index in [2.05, 4.69) is 12.2 Å². The van der Waals surface area contributed by atoms with Gasteiger partial charge in [-0.1, -0.05) is 19.3 Å². The third-order valence-corrected chi connectivity index (χ3v) is 3.49. The summed E-state index contributed by atoms with van der Waals surface area (Å²) in [5, 5.41) is 3.66. The Morgan fingerprint density at radius 1 is 1.15 bits per heavy atom. The zero-order valence-electron chi connectivity index (χ0n) is 8.59. The van der Waals surface area contributed by atoms with Crippen LogP contribution in [0.5, 0.6) is 0 Å². The number of rotatable bonds is 3. The maximum atomic E-state index is 5.16. The van der Waals surface area contributed by atoms with Crippen molar-refractivity contribution in [1.29, 1.82) is 0 Å². The molecule has 1 atom stereocenters. The minimum Gasteiger partial charge on any atom is -0.378 e. The minimum atomic E-state index is 0.650. The lowest BCUT2D eigenvalue weighted by molar-refractivity contribution is -0.0131. The first kappa shape index (κ1) is 9.47. The molecule has 1 unspecified atom stereocenters. The zero-order chi connectivity index (χ0) is 9.10. The van der Waals surface area contributed by atoms with E-state index in [1.807, 2.05) is 0 Å². The lowest BCUT2D eigenvalue weighted by atomic mass is 9.84. The Hall–Kier alpha value is -0.0800. The van der Waals surface area contributed by atoms with Gasteiger partial charge in [-0.15, -0.1) is 0 Å². The highest BCUT2D eigenvalue weighted by atomic mass is 16.5. The molecule has 76 valence electrons. The molecular formula is C11H21NO. The molecule has 1 N–H and O–H groups in total. The minimum absolute atomic E-state index is 0.650. The molecule has 2 fully saturated rings. The van der Waals surface area contributed by atoms with E-state index in [-0.39, 0.29) is 0 Å². The summed E-state index contributed by atoms with van der Waals surface area (Å²) in [6.45, 7) is 4.20. The first-order valence-corrected chi connectivity index (χ1v) is 5.70. The summed E-state index contributed by atoms with van der Waals surface area (Å²) in [5.74, 6) is 0.925. The summed E-state index contributed by atoms with van der Waals surface area (Å²) in [5.41, 5.74) is 0. The Morgan fingerprint density at radius 2 is 1.85 bits per heavy atom. The highest BCUT2D eigenvalue weighted by molar-refractivity contribution is 4.82. The molecule has 1 heterocycles. The number of ether oxygens (including phenoxy) is 1. The Kier molecular flexibility index (Phi) is 3.23. The van der Waals surface area contributed by atoms with E-state index in [1.54, 1.807) is 0 Å². The average Bonchev–Trinajstić information content (AvgIpc) is 2.12. The number of nitrogens with one attached hydrogen (secondary N) is 1. The van der Waals surface area contributed by atoms with E-state index >= 15 is 0 Å². The summed E-state index contributed by atoms with van der Waals surface area (Å²) in [4.78, 5) is 0. The maximum Gasteiger partial charge on any atom is 0.0643 e. The highest BCUT2D eigenvalue weighted by Gasteiger charge is 2.25. The van der Waals surface area contributed by atoms with Crippen LogP contribution in [-0.2, 0) is 4.74 Å². The van der Waals surface area contributed by atoms with E-state index in [0.29, 0.717) is 12.1 Å². The molecule has 0 aromatic carbocycles. The Morgan fingerprint density at radius 3 is 2.38 bits per heavy atom. The summed E-state index contributed by atoms with van der Waals surface area (Å²) in [7, 11) is 0. The summed E-state index contributed by atoms with van der Waals surface area (Å²) in [6, 6.07) is 1.35. The van der Waals surface area contributed by atoms with Crippen LogP contribution in [0.4, 0.5) is 0 Å². The van der Waals surface area contributed by atoms with E-state index in [0.717, 1.165) is 19.1 Å². The molecule has 2 rings (SSSR count). The van der Waals surface area contributed by atoms with Crippen molar-refractivity contribution in [2.45, 2.75) is 51.1 Å². The van der Waals surface area contributed by atoms with Crippen molar-refractivity contribution in [1.82, 2.24) is 5.32 Å². The van der Waals surface area contributed by atoms with Crippen molar-refractivity contribution in [2.75, 3.05) is 13.2 Å². The lowest BCUT2D eigenvalue weighted by Gasteiger charge is -2.35. The first-order chi connectivity index (χ1) is 6.36. The molecule has 0 aromatic rings. The molecule has 1 saturated carbocycles. The van der Waals surface area contributed by atoms with Crippen LogP contribution in [0.2, 0.25) is 0 Å². The molecule has 2 aliphatic rings. The standard InChI is InChI=1S/C11H21NO/c1-9(12-11-7-13-8-11)10-5-3-2-4-6-10/h9-12H,2-8H2,1H3. The van der Waals surface area contributed by atoms with Gasteiger partial charge in [0.15, 0.2) is 0 Å². The summed E-state index contributed by atoms with van der Waals surface area (Å²) in [6.07, 6.45) is 7.20. The smallest absolute Gasteiger partial charge is 0.0643 e. The van der Waals surface area contributed by atoms with Crippen LogP contribution >= 0.6 is 0 Å². The van der Waals surface area contributed by atoms with Crippen LogP contribution in [0, 0.1) is 5.92 Å². The fourth-order valence-corrected chi connectivity index (χ4v) is 2.47. The molecular weight excluding hydrogens is 162 g/mol. The highest BCUT2D eigenvalue weighted by Crippen LogP contribution is 2.26. The Bertz CT molecular complexity index is 150. The molecule has 2 heteroatoms. The van der Waals surface area contributed by atoms with Crippen LogP contribution in [0.15, 0.2) is 0 Å². The van der Waals surface area contributed by atoms with Gasteiger partial charge in [0.05, 0.1) is 19.3 Å². The molecule has 13 heavy (non-hydrogen) atoms. The van der Waals surface area contributed by atoms with Crippen molar-refractivity contribution in [3.63, 3.8) is 0 Å². The van der Waals surface area contributed by atoms with Crippen LogP contribution < -0.4 is 5.32 Å². The second kappa shape index (κ2) is 4.43. The van der Waals surface area contributed by atoms with Gasteiger partial charge in [-0.3, -0.25) is 0 Å². The van der Waals surface area contributed by atoms with Gasteiger partial charge in [0.25, 0.3) is 0 Å². The second-order valence-corrected chi connectivity index (χ2v) is 4.59. The molecule has 1 saturated heterocycles. The third kappa shape index (κ3) is 2.44. The van der Waals surface area contributed by atoms with Gasteiger partial charge in [-0.2, -0.15) is 0 Å². The van der Waals surface area contributed by atoms with Gasteiger partial charge in [-0.25, -0.2) is 0 Å². The van der Waals surface area contributed by atoms with Crippen molar-refractivity contribution in [3.8, 4) is 0 Å². The van der Waals surface area contributed by atoms with Crippen molar-refractivity contribution in [3.05, 3.63) is 0 Å². The zero-order valence-corrected chi connectivity index (χ0v) is 8.59. The quantitative estimate of drug-likeness (QED) is 0.722. The molecule has 0 aromatic heterocycles. The molecule has 2 nitrogen and oxygen atoms in total. The normalized spacial score (nSPS) is 28.4. The van der Waals surface area contributed by atoms with Gasteiger partial charge < -0.3 is 10.1 Å². The van der Waals surface area contributed by atoms with Gasteiger partial charge in [0, 0.05) is 6.04 Å². The Labute approximate surface area is 81.0 Å². The van der Waals surface area contributed by atoms with Gasteiger partial charge in [0.2, 0.25) is 0 Å². The average molecular weight is 183 g/mol. The third-order valence-electron chi connectivity index (χ3n) is 3.49. The van der Waals surface area contributed by atoms with Crippen LogP contribution in [0.3, 0.4) is 0 Å². The predicted molar refractivity (Wildman–Crippen MR) is 53.8 cm³/mol. The second-order valence-electron chi connectivity index (χ2n) is 4.59. The summed E-state index contributed by atoms with van der Waals surface area (Å²) < 4.78 is 5.16. The van der Waals surface area contributed by atoms with E-state index in [1.165, 1.54) is 32.1 Å². The van der Waals surface area contributed by atoms with E-state index in [9.17, 15) is 0 Å². The molecule has 0 radical (unpaired) electrons. The maximum absolute atomic E-state index is 5.16. The van der Waals surface area contributed by atoms with Crippen LogP contribution in [-0.4, -0.2) is 25.3 Å². The van der Waals surface area contributed by atoms with Gasteiger partial charge in [0.1, 0.15) is 0 Å². The SMILES string of the molecule is CC(NC1COC1)C1CCCCC1. The topological polar surface area (TPSA) is 21.3 Å². The molecule has 0 bridgehead atoms. The van der Waals surface area contributed by atoms with Gasteiger partial charge in [-0.05, 0) is 25.7 Å². The Balaban J connectivity index is 1.70. The van der Waals surface area contributed by atoms with Crippen molar-refractivity contribution < 1.29 is 4.74 Å². The number of hydrogen-bond acceptors (Lipinski definition) is 2. The predicted octanol–water partition coefficient (Wildman–Crippen LogP) is 1.94. The fourth-order valence-electron chi connectivity index (χ4n) is 2.47. The van der Waals surface area contributed by atoms with Crippen LogP contribution in [0.25, 0.3) is 0 Å². The van der Waals surface area contributed by atoms with Gasteiger partial charge >= 0.3 is 0 Å². The van der Waals surface area contributed by atoms with E-state index < -0.39 is 0 Å². The van der Waals surface area contributed by atoms with Crippen LogP contribution in [0.1, 0.15) is 39.0 Å².